The van der Waals surface area contributed by atoms with E-state index in [1.54, 1.807) is 49.0 Å². The number of hydrogen-bond acceptors (Lipinski definition) is 7. The van der Waals surface area contributed by atoms with Crippen LogP contribution in [-0.4, -0.2) is 52.4 Å². The van der Waals surface area contributed by atoms with Gasteiger partial charge in [0, 0.05) is 36.2 Å². The third kappa shape index (κ3) is 6.88. The number of nitrogens with zero attached hydrogens (tertiary/aromatic N) is 6. The van der Waals surface area contributed by atoms with E-state index in [1.807, 2.05) is 70.2 Å². The number of fused-ring (bicyclic) bond motifs is 2. The number of hydrogen-bond donors (Lipinski definition) is 1. The van der Waals surface area contributed by atoms with E-state index >= 15 is 0 Å². The summed E-state index contributed by atoms with van der Waals surface area (Å²) in [6, 6.07) is 19.1. The number of halogens is 1. The molecule has 11 nitrogen and oxygen atoms in total. The molecule has 0 aliphatic heterocycles. The molecule has 0 radical (unpaired) electrons. The Kier molecular flexibility index (Phi) is 9.08. The number of nitrogens with one attached hydrogen (secondary N) is 1. The molecule has 0 saturated heterocycles. The van der Waals surface area contributed by atoms with Crippen LogP contribution >= 0.6 is 0 Å². The minimum absolute atomic E-state index is 0.0948. The second-order valence-corrected chi connectivity index (χ2v) is 14.4. The van der Waals surface area contributed by atoms with E-state index in [4.69, 9.17) is 4.74 Å². The molecule has 12 heteroatoms. The minimum atomic E-state index is -0.719. The molecule has 1 amide bonds. The number of aldehydes is 1. The largest absolute Gasteiger partial charge is 0.444 e. The van der Waals surface area contributed by atoms with Crippen LogP contribution in [0.2, 0.25) is 0 Å². The molecule has 52 heavy (non-hydrogen) atoms. The van der Waals surface area contributed by atoms with Crippen molar-refractivity contribution in [1.82, 2.24) is 28.4 Å². The highest BCUT2D eigenvalue weighted by Gasteiger charge is 2.34. The molecule has 4 aromatic heterocycles. The summed E-state index contributed by atoms with van der Waals surface area (Å²) in [5.74, 6) is -0.387. The van der Waals surface area contributed by atoms with Crippen molar-refractivity contribution in [2.75, 3.05) is 0 Å². The summed E-state index contributed by atoms with van der Waals surface area (Å²) in [4.78, 5) is 50.3. The third-order valence-corrected chi connectivity index (χ3v) is 9.49. The Morgan fingerprint density at radius 3 is 2.48 bits per heavy atom. The molecule has 1 saturated carbocycles. The average Bonchev–Trinajstić information content (AvgIpc) is 3.52. The molecule has 2 aromatic carbocycles. The number of pyridine rings is 2. The number of amides is 1. The van der Waals surface area contributed by atoms with Crippen LogP contribution < -0.4 is 11.2 Å². The molecule has 4 heterocycles. The predicted octanol–water partition coefficient (Wildman–Crippen LogP) is 7.16. The van der Waals surface area contributed by atoms with Gasteiger partial charge in [0.15, 0.2) is 5.65 Å². The van der Waals surface area contributed by atoms with Crippen molar-refractivity contribution < 1.29 is 18.7 Å². The first-order valence-electron chi connectivity index (χ1n) is 17.4. The Balaban J connectivity index is 1.22. The van der Waals surface area contributed by atoms with E-state index < -0.39 is 11.7 Å². The second-order valence-electron chi connectivity index (χ2n) is 14.4. The van der Waals surface area contributed by atoms with Gasteiger partial charge in [-0.25, -0.2) is 28.5 Å². The van der Waals surface area contributed by atoms with Crippen molar-refractivity contribution in [3.63, 3.8) is 0 Å². The van der Waals surface area contributed by atoms with Crippen LogP contribution in [-0.2, 0) is 11.3 Å². The molecular weight excluding hydrogens is 661 g/mol. The highest BCUT2D eigenvalue weighted by Crippen LogP contribution is 2.32. The fraction of sp³-hybridized carbons (Fsp3) is 0.300. The molecule has 0 atom stereocenters. The fourth-order valence-corrected chi connectivity index (χ4v) is 7.05. The Labute approximate surface area is 299 Å². The SMILES string of the molecule is Cc1cnc2c(c1)c(=N)n(C1CCC(N(Cc3cn4cc(F)ccc4n3)C(=O)OC(C)(C)C)CC1)c(=O)n2-c1cccc(-c2ccc(C=O)cc2)c1. The Morgan fingerprint density at radius 2 is 1.77 bits per heavy atom. The van der Waals surface area contributed by atoms with Crippen LogP contribution in [0.15, 0.2) is 90.1 Å². The van der Waals surface area contributed by atoms with Gasteiger partial charge in [-0.1, -0.05) is 36.4 Å². The Morgan fingerprint density at radius 1 is 1.02 bits per heavy atom. The number of carbonyl (C=O) groups is 2. The van der Waals surface area contributed by atoms with Crippen LogP contribution in [0, 0.1) is 18.2 Å². The average molecular weight is 702 g/mol. The maximum Gasteiger partial charge on any atom is 0.410 e. The Bertz CT molecular complexity index is 2430. The quantitative estimate of drug-likeness (QED) is 0.176. The molecule has 266 valence electrons. The molecule has 0 spiro atoms. The van der Waals surface area contributed by atoms with Gasteiger partial charge < -0.3 is 9.14 Å². The summed E-state index contributed by atoms with van der Waals surface area (Å²) in [6.07, 6.45) is 7.30. The zero-order valence-corrected chi connectivity index (χ0v) is 29.5. The maximum absolute atomic E-state index is 14.6. The lowest BCUT2D eigenvalue weighted by molar-refractivity contribution is 0.00778. The smallest absolute Gasteiger partial charge is 0.410 e. The highest BCUT2D eigenvalue weighted by molar-refractivity contribution is 5.78. The molecule has 1 fully saturated rings. The molecule has 1 aliphatic rings. The first kappa shape index (κ1) is 34.5. The topological polar surface area (TPSA) is 128 Å². The van der Waals surface area contributed by atoms with Gasteiger partial charge in [0.25, 0.3) is 0 Å². The van der Waals surface area contributed by atoms with Crippen LogP contribution in [0.5, 0.6) is 0 Å². The number of aryl methyl sites for hydroxylation is 1. The number of carbonyl (C=O) groups excluding carboxylic acids is 2. The van der Waals surface area contributed by atoms with Crippen molar-refractivity contribution in [2.24, 2.45) is 0 Å². The van der Waals surface area contributed by atoms with Gasteiger partial charge in [0.2, 0.25) is 0 Å². The molecule has 1 aliphatic carbocycles. The summed E-state index contributed by atoms with van der Waals surface area (Å²) < 4.78 is 24.5. The monoisotopic (exact) mass is 701 g/mol. The number of imidazole rings is 1. The fourth-order valence-electron chi connectivity index (χ4n) is 7.05. The summed E-state index contributed by atoms with van der Waals surface area (Å²) in [7, 11) is 0. The lowest BCUT2D eigenvalue weighted by atomic mass is 9.90. The molecule has 0 bridgehead atoms. The summed E-state index contributed by atoms with van der Waals surface area (Å²) >= 11 is 0. The number of ether oxygens (including phenoxy) is 1. The highest BCUT2D eigenvalue weighted by atomic mass is 19.1. The van der Waals surface area contributed by atoms with Gasteiger partial charge in [-0.05, 0) is 100 Å². The van der Waals surface area contributed by atoms with Gasteiger partial charge in [-0.15, -0.1) is 0 Å². The lowest BCUT2D eigenvalue weighted by Gasteiger charge is -2.38. The van der Waals surface area contributed by atoms with Gasteiger partial charge in [0.1, 0.15) is 28.8 Å². The van der Waals surface area contributed by atoms with E-state index in [-0.39, 0.29) is 35.6 Å². The molecule has 7 rings (SSSR count). The van der Waals surface area contributed by atoms with E-state index in [9.17, 15) is 24.2 Å². The normalized spacial score (nSPS) is 16.2. The van der Waals surface area contributed by atoms with Gasteiger partial charge >= 0.3 is 11.8 Å². The number of benzene rings is 2. The van der Waals surface area contributed by atoms with Crippen LogP contribution in [0.3, 0.4) is 0 Å². The molecule has 6 aromatic rings. The predicted molar refractivity (Wildman–Crippen MR) is 195 cm³/mol. The summed E-state index contributed by atoms with van der Waals surface area (Å²) in [5.41, 5.74) is 4.37. The van der Waals surface area contributed by atoms with Crippen LogP contribution in [0.1, 0.15) is 74.1 Å². The van der Waals surface area contributed by atoms with E-state index in [0.717, 1.165) is 23.0 Å². The molecule has 1 N–H and O–H groups in total. The molecular formula is C40H40FN7O4. The minimum Gasteiger partial charge on any atom is -0.444 e. The van der Waals surface area contributed by atoms with E-state index in [1.165, 1.54) is 12.3 Å². The van der Waals surface area contributed by atoms with E-state index in [2.05, 4.69) is 9.97 Å². The first-order chi connectivity index (χ1) is 24.9. The zero-order chi connectivity index (χ0) is 36.7. The number of rotatable bonds is 7. The zero-order valence-electron chi connectivity index (χ0n) is 29.5. The third-order valence-electron chi connectivity index (χ3n) is 9.49. The maximum atomic E-state index is 14.6. The van der Waals surface area contributed by atoms with E-state index in [0.29, 0.717) is 59.3 Å². The van der Waals surface area contributed by atoms with Crippen molar-refractivity contribution >= 4 is 29.1 Å². The van der Waals surface area contributed by atoms with Gasteiger partial charge in [-0.3, -0.25) is 19.7 Å². The lowest BCUT2D eigenvalue weighted by Crippen LogP contribution is -2.47. The first-order valence-corrected chi connectivity index (χ1v) is 17.4. The van der Waals surface area contributed by atoms with Crippen molar-refractivity contribution in [3.05, 3.63) is 124 Å². The summed E-state index contributed by atoms with van der Waals surface area (Å²) in [6.45, 7) is 7.54. The van der Waals surface area contributed by atoms with Crippen molar-refractivity contribution in [1.29, 1.82) is 5.41 Å². The van der Waals surface area contributed by atoms with Gasteiger partial charge in [-0.2, -0.15) is 0 Å². The van der Waals surface area contributed by atoms with Crippen LogP contribution in [0.4, 0.5) is 9.18 Å². The van der Waals surface area contributed by atoms with Gasteiger partial charge in [0.05, 0.1) is 23.3 Å². The van der Waals surface area contributed by atoms with Crippen molar-refractivity contribution in [3.8, 4) is 16.8 Å². The molecule has 0 unspecified atom stereocenters. The second kappa shape index (κ2) is 13.7. The summed E-state index contributed by atoms with van der Waals surface area (Å²) in [5, 5.41) is 9.82. The van der Waals surface area contributed by atoms with Crippen molar-refractivity contribution in [2.45, 2.75) is 77.6 Å². The van der Waals surface area contributed by atoms with Crippen LogP contribution in [0.25, 0.3) is 33.5 Å². The standard InChI is InChI=1S/C40H40FN7O4/c1-25-18-34-36(42)47(38(50)48(37(34)43-20-25)33-7-5-6-28(19-33)27-10-8-26(24-49)9-11-27)32-15-13-31(14-16-32)46(39(51)52-40(2,3)4)23-30-22-45-21-29(41)12-17-35(45)44-30/h5-12,17-22,24,31-32,42H,13-16,23H2,1-4H3. The number of aromatic nitrogens is 5. The Hall–Kier alpha value is -5.91.